The molecule has 0 saturated carbocycles. The van der Waals surface area contributed by atoms with Crippen molar-refractivity contribution >= 4 is 22.8 Å². The molecule has 0 radical (unpaired) electrons. The van der Waals surface area contributed by atoms with Crippen LogP contribution in [0.5, 0.6) is 0 Å². The monoisotopic (exact) mass is 290 g/mol. The third-order valence-corrected chi connectivity index (χ3v) is 5.60. The predicted molar refractivity (Wildman–Crippen MR) is 85.7 cm³/mol. The molecule has 1 aromatic carbocycles. The minimum Gasteiger partial charge on any atom is -0.328 e. The minimum absolute atomic E-state index is 0.310. The Balaban J connectivity index is 1.88. The van der Waals surface area contributed by atoms with Gasteiger partial charge in [0, 0.05) is 24.3 Å². The second-order valence-corrected chi connectivity index (χ2v) is 6.64. The molecule has 1 saturated heterocycles. The van der Waals surface area contributed by atoms with E-state index in [1.54, 1.807) is 0 Å². The lowest BCUT2D eigenvalue weighted by Gasteiger charge is -2.21. The summed E-state index contributed by atoms with van der Waals surface area (Å²) in [7, 11) is 0. The van der Waals surface area contributed by atoms with E-state index in [4.69, 9.17) is 10.8 Å². The number of rotatable bonds is 5. The second kappa shape index (κ2) is 6.16. The van der Waals surface area contributed by atoms with Crippen molar-refractivity contribution in [3.05, 3.63) is 30.1 Å². The Labute approximate surface area is 124 Å². The number of imidazole rings is 1. The minimum atomic E-state index is 0.310. The van der Waals surface area contributed by atoms with Crippen LogP contribution in [-0.2, 0) is 13.0 Å². The lowest BCUT2D eigenvalue weighted by molar-refractivity contribution is 0.479. The number of para-hydroxylation sites is 2. The first kappa shape index (κ1) is 13.9. The summed E-state index contributed by atoms with van der Waals surface area (Å²) in [4.78, 5) is 4.80. The first-order chi connectivity index (χ1) is 9.83. The van der Waals surface area contributed by atoms with E-state index in [1.165, 1.54) is 24.1 Å². The van der Waals surface area contributed by atoms with Crippen molar-refractivity contribution in [1.82, 2.24) is 15.0 Å². The van der Waals surface area contributed by atoms with Crippen LogP contribution in [0.4, 0.5) is 0 Å². The average Bonchev–Trinajstić information content (AvgIpc) is 3.11. The molecule has 1 aliphatic rings. The van der Waals surface area contributed by atoms with Gasteiger partial charge in [-0.1, -0.05) is 12.1 Å². The highest BCUT2D eigenvalue weighted by molar-refractivity contribution is 8.00. The molecule has 0 spiro atoms. The molecule has 0 bridgehead atoms. The number of thioether (sulfide) groups is 1. The summed E-state index contributed by atoms with van der Waals surface area (Å²) in [6, 6.07) is 8.66. The van der Waals surface area contributed by atoms with E-state index >= 15 is 0 Å². The van der Waals surface area contributed by atoms with Crippen molar-refractivity contribution in [1.29, 1.82) is 0 Å². The summed E-state index contributed by atoms with van der Waals surface area (Å²) in [5.41, 5.74) is 5.32. The zero-order valence-corrected chi connectivity index (χ0v) is 12.7. The fourth-order valence-corrected chi connectivity index (χ4v) is 4.42. The Hall–Kier alpha value is -1.04. The smallest absolute Gasteiger partial charge is 0.111 e. The SMILES string of the molecule is CCn1c(CC(NN)C2CCCS2)nc2ccccc21. The Morgan fingerprint density at radius 3 is 3.05 bits per heavy atom. The van der Waals surface area contributed by atoms with E-state index < -0.39 is 0 Å². The highest BCUT2D eigenvalue weighted by Gasteiger charge is 2.26. The second-order valence-electron chi connectivity index (χ2n) is 5.29. The van der Waals surface area contributed by atoms with Gasteiger partial charge in [0.1, 0.15) is 5.82 Å². The predicted octanol–water partition coefficient (Wildman–Crippen LogP) is 2.33. The molecule has 2 heterocycles. The lowest BCUT2D eigenvalue weighted by atomic mass is 10.1. The molecule has 2 unspecified atom stereocenters. The topological polar surface area (TPSA) is 55.9 Å². The van der Waals surface area contributed by atoms with E-state index in [1.807, 2.05) is 17.8 Å². The van der Waals surface area contributed by atoms with E-state index in [-0.39, 0.29) is 0 Å². The van der Waals surface area contributed by atoms with Crippen LogP contribution in [0.2, 0.25) is 0 Å². The van der Waals surface area contributed by atoms with Gasteiger partial charge in [0.05, 0.1) is 11.0 Å². The van der Waals surface area contributed by atoms with E-state index in [9.17, 15) is 0 Å². The Morgan fingerprint density at radius 2 is 2.35 bits per heavy atom. The maximum atomic E-state index is 5.79. The summed E-state index contributed by atoms with van der Waals surface area (Å²) in [5, 5.41) is 0.616. The Bertz CT molecular complexity index is 574. The number of aryl methyl sites for hydroxylation is 1. The quantitative estimate of drug-likeness (QED) is 0.655. The summed E-state index contributed by atoms with van der Waals surface area (Å²) in [6.45, 7) is 3.12. The van der Waals surface area contributed by atoms with Crippen molar-refractivity contribution in [2.45, 2.75) is 44.0 Å². The van der Waals surface area contributed by atoms with Crippen LogP contribution < -0.4 is 11.3 Å². The van der Waals surface area contributed by atoms with Gasteiger partial charge in [-0.25, -0.2) is 4.98 Å². The van der Waals surface area contributed by atoms with Crippen molar-refractivity contribution in [2.24, 2.45) is 5.84 Å². The van der Waals surface area contributed by atoms with Crippen LogP contribution in [0.1, 0.15) is 25.6 Å². The van der Waals surface area contributed by atoms with E-state index in [2.05, 4.69) is 35.1 Å². The van der Waals surface area contributed by atoms with Crippen LogP contribution >= 0.6 is 11.8 Å². The van der Waals surface area contributed by atoms with Gasteiger partial charge >= 0.3 is 0 Å². The van der Waals surface area contributed by atoms with Gasteiger partial charge in [0.2, 0.25) is 0 Å². The van der Waals surface area contributed by atoms with Crippen molar-refractivity contribution in [2.75, 3.05) is 5.75 Å². The van der Waals surface area contributed by atoms with Gasteiger partial charge in [0.25, 0.3) is 0 Å². The van der Waals surface area contributed by atoms with E-state index in [0.29, 0.717) is 11.3 Å². The Kier molecular flexibility index (Phi) is 4.29. The van der Waals surface area contributed by atoms with Crippen molar-refractivity contribution < 1.29 is 0 Å². The number of nitrogens with two attached hydrogens (primary N) is 1. The van der Waals surface area contributed by atoms with Crippen LogP contribution in [0.25, 0.3) is 11.0 Å². The number of fused-ring (bicyclic) bond motifs is 1. The number of aromatic nitrogens is 2. The zero-order valence-electron chi connectivity index (χ0n) is 11.9. The highest BCUT2D eigenvalue weighted by Crippen LogP contribution is 2.30. The Morgan fingerprint density at radius 1 is 1.50 bits per heavy atom. The van der Waals surface area contributed by atoms with Gasteiger partial charge in [-0.05, 0) is 37.7 Å². The molecule has 1 aliphatic heterocycles. The summed E-state index contributed by atoms with van der Waals surface area (Å²) >= 11 is 2.04. The largest absolute Gasteiger partial charge is 0.328 e. The molecule has 1 fully saturated rings. The highest BCUT2D eigenvalue weighted by atomic mass is 32.2. The first-order valence-electron chi connectivity index (χ1n) is 7.35. The summed E-state index contributed by atoms with van der Waals surface area (Å²) in [6.07, 6.45) is 3.46. The first-order valence-corrected chi connectivity index (χ1v) is 8.40. The number of benzene rings is 1. The summed E-state index contributed by atoms with van der Waals surface area (Å²) < 4.78 is 2.30. The fraction of sp³-hybridized carbons (Fsp3) is 0.533. The molecule has 2 atom stereocenters. The van der Waals surface area contributed by atoms with Crippen LogP contribution in [0, 0.1) is 0 Å². The van der Waals surface area contributed by atoms with Crippen molar-refractivity contribution in [3.63, 3.8) is 0 Å². The van der Waals surface area contributed by atoms with Crippen LogP contribution in [0.3, 0.4) is 0 Å². The molecule has 20 heavy (non-hydrogen) atoms. The van der Waals surface area contributed by atoms with E-state index in [0.717, 1.165) is 24.3 Å². The maximum Gasteiger partial charge on any atom is 0.111 e. The molecule has 5 heteroatoms. The van der Waals surface area contributed by atoms with Crippen LogP contribution in [0.15, 0.2) is 24.3 Å². The number of nitrogens with one attached hydrogen (secondary N) is 1. The molecular weight excluding hydrogens is 268 g/mol. The molecule has 0 amide bonds. The van der Waals surface area contributed by atoms with Gasteiger partial charge in [-0.3, -0.25) is 11.3 Å². The third-order valence-electron chi connectivity index (χ3n) is 4.08. The molecule has 3 rings (SSSR count). The fourth-order valence-electron chi connectivity index (χ4n) is 3.05. The van der Waals surface area contributed by atoms with Gasteiger partial charge in [-0.2, -0.15) is 11.8 Å². The normalized spacial score (nSPS) is 20.6. The maximum absolute atomic E-state index is 5.79. The standard InChI is InChI=1S/C15H22N4S/c1-2-19-13-7-4-3-6-11(13)17-15(19)10-12(18-16)14-8-5-9-20-14/h3-4,6-7,12,14,18H,2,5,8-10,16H2,1H3. The molecule has 0 aliphatic carbocycles. The molecule has 4 nitrogen and oxygen atoms in total. The molecule has 1 aromatic heterocycles. The van der Waals surface area contributed by atoms with Crippen LogP contribution in [-0.4, -0.2) is 26.6 Å². The summed E-state index contributed by atoms with van der Waals surface area (Å²) in [5.74, 6) is 8.19. The molecular formula is C15H22N4S. The number of hydrogen-bond acceptors (Lipinski definition) is 4. The number of hydrogen-bond donors (Lipinski definition) is 2. The molecule has 108 valence electrons. The van der Waals surface area contributed by atoms with Crippen molar-refractivity contribution in [3.8, 4) is 0 Å². The zero-order chi connectivity index (χ0) is 13.9. The third kappa shape index (κ3) is 2.57. The van der Waals surface area contributed by atoms with Gasteiger partial charge in [0.15, 0.2) is 0 Å². The molecule has 3 N–H and O–H groups in total. The number of nitrogens with zero attached hydrogens (tertiary/aromatic N) is 2. The average molecular weight is 290 g/mol. The van der Waals surface area contributed by atoms with Gasteiger partial charge in [-0.15, -0.1) is 0 Å². The number of hydrazine groups is 1. The van der Waals surface area contributed by atoms with Gasteiger partial charge < -0.3 is 4.57 Å². The molecule has 2 aromatic rings. The lowest BCUT2D eigenvalue weighted by Crippen LogP contribution is -2.43.